The number of benzene rings is 1. The molecule has 4 aliphatic rings. The Morgan fingerprint density at radius 1 is 0.961 bits per heavy atom. The van der Waals surface area contributed by atoms with Crippen LogP contribution in [0, 0.1) is 18.3 Å². The molecule has 0 radical (unpaired) electrons. The van der Waals surface area contributed by atoms with E-state index in [0.29, 0.717) is 49.9 Å². The van der Waals surface area contributed by atoms with Crippen LogP contribution in [-0.4, -0.2) is 155 Å². The van der Waals surface area contributed by atoms with Crippen LogP contribution in [0.15, 0.2) is 65.8 Å². The highest BCUT2D eigenvalue weighted by atomic mass is 32.1. The Morgan fingerprint density at radius 2 is 1.69 bits per heavy atom. The number of aromatic nitrogens is 4. The van der Waals surface area contributed by atoms with Crippen LogP contribution < -0.4 is 16.0 Å². The predicted octanol–water partition coefficient (Wildman–Crippen LogP) is 5.73. The van der Waals surface area contributed by atoms with Gasteiger partial charge in [-0.05, 0) is 88.1 Å². The molecular formula is C54H68F3N11O8S. The van der Waals surface area contributed by atoms with Gasteiger partial charge in [-0.2, -0.15) is 18.3 Å². The number of urea groups is 1. The molecule has 0 bridgehead atoms. The number of anilines is 1. The van der Waals surface area contributed by atoms with E-state index in [2.05, 4.69) is 43.2 Å². The zero-order valence-corrected chi connectivity index (χ0v) is 45.2. The third-order valence-corrected chi connectivity index (χ3v) is 15.9. The molecule has 23 heteroatoms. The lowest BCUT2D eigenvalue weighted by Crippen LogP contribution is -2.58. The van der Waals surface area contributed by atoms with Crippen LogP contribution in [-0.2, 0) is 37.5 Å². The second kappa shape index (κ2) is 22.7. The quantitative estimate of drug-likeness (QED) is 0.0909. The highest BCUT2D eigenvalue weighted by Crippen LogP contribution is 2.35. The number of hydrogen-bond donors (Lipinski definition) is 5. The molecule has 4 aromatic rings. The zero-order chi connectivity index (χ0) is 55.7. The summed E-state index contributed by atoms with van der Waals surface area (Å²) >= 11 is 1.62. The highest BCUT2D eigenvalue weighted by molar-refractivity contribution is 7.09. The first-order valence-electron chi connectivity index (χ1n) is 26.0. The minimum atomic E-state index is -4.75. The van der Waals surface area contributed by atoms with E-state index in [4.69, 9.17) is 0 Å². The number of fused-ring (bicyclic) bond motifs is 1. The van der Waals surface area contributed by atoms with Crippen molar-refractivity contribution >= 4 is 63.5 Å². The second-order valence-electron chi connectivity index (χ2n) is 22.2. The Balaban J connectivity index is 0.791. The van der Waals surface area contributed by atoms with Crippen molar-refractivity contribution in [2.45, 2.75) is 129 Å². The minimum absolute atomic E-state index is 0.0405. The molecule has 3 aromatic heterocycles. The van der Waals surface area contributed by atoms with Gasteiger partial charge in [0.15, 0.2) is 0 Å². The van der Waals surface area contributed by atoms with E-state index in [1.807, 2.05) is 46.2 Å². The van der Waals surface area contributed by atoms with Gasteiger partial charge < -0.3 is 45.8 Å². The molecule has 3 fully saturated rings. The standard InChI is InChI=1S/C54H68F3N11O8S/c1-31(34-11-13-35(14-12-34)46-32(2)58-30-77-46)59-49(73)42-25-37(69)28-68(42)50(74)47(52(3,4)5)62-44(70)23-33-15-17-64(18-16-33)45(71)29-66-20-19-65(51(66)75)21-22-67-27-36-24-41(38(53(6,7)76)26-40(36)63-67)61-48(72)39-9-8-10-43(60-39)54(55,56)57/h8-13,24,26-27,30-31,33,35,37,42,47,69,76H,14-23,25,28-29H2,1-7H3,(H,59,73)(H,61,72)(H,62,70)/t31-,35?,37+,42?,47+/m0/s1. The first kappa shape index (κ1) is 56.5. The smallest absolute Gasteiger partial charge is 0.391 e. The van der Waals surface area contributed by atoms with Crippen LogP contribution in [0.25, 0.3) is 10.9 Å². The molecule has 8 rings (SSSR count). The van der Waals surface area contributed by atoms with Crippen molar-refractivity contribution in [1.29, 1.82) is 0 Å². The predicted molar refractivity (Wildman–Crippen MR) is 281 cm³/mol. The lowest BCUT2D eigenvalue weighted by molar-refractivity contribution is -0.144. The molecule has 3 saturated heterocycles. The summed E-state index contributed by atoms with van der Waals surface area (Å²) in [5.74, 6) is -2.10. The fourth-order valence-electron chi connectivity index (χ4n) is 10.4. The number of nitrogens with zero attached hydrogens (tertiary/aromatic N) is 8. The van der Waals surface area contributed by atoms with Gasteiger partial charge in [-0.15, -0.1) is 11.3 Å². The zero-order valence-electron chi connectivity index (χ0n) is 44.4. The lowest BCUT2D eigenvalue weighted by Gasteiger charge is -2.36. The van der Waals surface area contributed by atoms with Crippen molar-refractivity contribution in [3.63, 3.8) is 0 Å². The number of hydrogen-bond acceptors (Lipinski definition) is 12. The fraction of sp³-hybridized carbons (Fsp3) is 0.537. The number of rotatable bonds is 16. The summed E-state index contributed by atoms with van der Waals surface area (Å²) in [6, 6.07) is 3.60. The van der Waals surface area contributed by atoms with Crippen LogP contribution in [0.2, 0.25) is 0 Å². The lowest BCUT2D eigenvalue weighted by atomic mass is 9.85. The van der Waals surface area contributed by atoms with Crippen molar-refractivity contribution in [1.82, 2.24) is 50.0 Å². The number of thiazole rings is 1. The van der Waals surface area contributed by atoms with Crippen molar-refractivity contribution < 1.29 is 52.2 Å². The fourth-order valence-corrected chi connectivity index (χ4v) is 11.3. The summed E-state index contributed by atoms with van der Waals surface area (Å²) in [6.45, 7) is 14.3. The van der Waals surface area contributed by atoms with E-state index in [-0.39, 0.29) is 91.9 Å². The molecule has 7 amide bonds. The molecule has 1 aromatic carbocycles. The maximum Gasteiger partial charge on any atom is 0.433 e. The molecule has 1 aliphatic carbocycles. The average Bonchev–Trinajstić information content (AvgIpc) is 4.19. The molecule has 0 spiro atoms. The number of likely N-dealkylation sites (tertiary alicyclic amines) is 2. The Labute approximate surface area is 448 Å². The molecular weight excluding hydrogens is 1020 g/mol. The monoisotopic (exact) mass is 1090 g/mol. The number of aryl methyl sites for hydroxylation is 1. The number of alkyl halides is 3. The van der Waals surface area contributed by atoms with Crippen molar-refractivity contribution in [3.8, 4) is 0 Å². The SMILES string of the molecule is Cc1ncsc1C1C=CC([C@H](C)NC(=O)C2C[C@@H](O)CN2C(=O)[C@@H](NC(=O)CC2CCN(C(=O)CN3CCN(CCn4cc5cc(NC(=O)c6cccc(C(F)(F)F)n6)c(C(C)(C)O)cc5n4)C3=O)CC2)C(C)(C)C)=CC1. The van der Waals surface area contributed by atoms with Gasteiger partial charge in [-0.3, -0.25) is 28.7 Å². The van der Waals surface area contributed by atoms with E-state index >= 15 is 0 Å². The topological polar surface area (TPSA) is 236 Å². The highest BCUT2D eigenvalue weighted by Gasteiger charge is 2.45. The normalized spacial score (nSPS) is 20.4. The number of carbonyl (C=O) groups is 6. The second-order valence-corrected chi connectivity index (χ2v) is 23.1. The summed E-state index contributed by atoms with van der Waals surface area (Å²) < 4.78 is 41.5. The third-order valence-electron chi connectivity index (χ3n) is 14.8. The summed E-state index contributed by atoms with van der Waals surface area (Å²) in [5.41, 5.74) is 0.803. The van der Waals surface area contributed by atoms with Crippen LogP contribution in [0.5, 0.6) is 0 Å². The number of halogens is 3. The Kier molecular flexibility index (Phi) is 16.7. The van der Waals surface area contributed by atoms with Crippen LogP contribution in [0.1, 0.15) is 112 Å². The number of amides is 7. The first-order chi connectivity index (χ1) is 36.2. The van der Waals surface area contributed by atoms with Gasteiger partial charge in [0, 0.05) is 85.7 Å². The molecule has 77 heavy (non-hydrogen) atoms. The Bertz CT molecular complexity index is 2950. The van der Waals surface area contributed by atoms with Crippen LogP contribution in [0.4, 0.5) is 23.7 Å². The third kappa shape index (κ3) is 13.3. The summed E-state index contributed by atoms with van der Waals surface area (Å²) in [6.07, 6.45) is 4.34. The van der Waals surface area contributed by atoms with Gasteiger partial charge in [0.25, 0.3) is 5.91 Å². The molecule has 19 nitrogen and oxygen atoms in total. The van der Waals surface area contributed by atoms with E-state index in [1.165, 1.54) is 28.5 Å². The Morgan fingerprint density at radius 3 is 2.34 bits per heavy atom. The Hall–Kier alpha value is -6.72. The molecule has 6 heterocycles. The number of piperidine rings is 1. The van der Waals surface area contributed by atoms with E-state index < -0.39 is 58.6 Å². The maximum absolute atomic E-state index is 14.3. The summed E-state index contributed by atoms with van der Waals surface area (Å²) in [4.78, 5) is 97.1. The largest absolute Gasteiger partial charge is 0.433 e. The average molecular weight is 1090 g/mol. The van der Waals surface area contributed by atoms with Crippen LogP contribution in [0.3, 0.4) is 0 Å². The number of aliphatic hydroxyl groups excluding tert-OH is 1. The van der Waals surface area contributed by atoms with Gasteiger partial charge in [0.2, 0.25) is 23.6 Å². The number of carbonyl (C=O) groups excluding carboxylic acids is 6. The number of β-amino-alcohol motifs (C(OH)–C–C–N with tert-alkyl or cyclic N) is 1. The van der Waals surface area contributed by atoms with Gasteiger partial charge in [-0.1, -0.05) is 45.1 Å². The number of allylic oxidation sites excluding steroid dienone is 2. The van der Waals surface area contributed by atoms with Gasteiger partial charge in [0.05, 0.1) is 41.0 Å². The molecule has 3 aliphatic heterocycles. The van der Waals surface area contributed by atoms with Crippen molar-refractivity contribution in [2.24, 2.45) is 11.3 Å². The minimum Gasteiger partial charge on any atom is -0.391 e. The van der Waals surface area contributed by atoms with Crippen LogP contribution >= 0.6 is 11.3 Å². The summed E-state index contributed by atoms with van der Waals surface area (Å²) in [5, 5.41) is 35.5. The molecule has 0 saturated carbocycles. The number of pyridine rings is 1. The van der Waals surface area contributed by atoms with Gasteiger partial charge in [0.1, 0.15) is 30.0 Å². The molecule has 5 N–H and O–H groups in total. The van der Waals surface area contributed by atoms with Gasteiger partial charge in [-0.25, -0.2) is 14.8 Å². The molecule has 2 unspecified atom stereocenters. The van der Waals surface area contributed by atoms with E-state index in [1.54, 1.807) is 44.1 Å². The number of aliphatic hydroxyl groups is 2. The van der Waals surface area contributed by atoms with Gasteiger partial charge >= 0.3 is 12.2 Å². The van der Waals surface area contributed by atoms with E-state index in [9.17, 15) is 52.2 Å². The summed E-state index contributed by atoms with van der Waals surface area (Å²) in [7, 11) is 0. The van der Waals surface area contributed by atoms with E-state index in [0.717, 1.165) is 35.9 Å². The maximum atomic E-state index is 14.3. The molecule has 414 valence electrons. The first-order valence-corrected chi connectivity index (χ1v) is 26.9. The van der Waals surface area contributed by atoms with Crippen molar-refractivity contribution in [3.05, 3.63) is 93.4 Å². The van der Waals surface area contributed by atoms with Crippen molar-refractivity contribution in [2.75, 3.05) is 51.1 Å². The number of nitrogens with one attached hydrogen (secondary N) is 3. The molecule has 5 atom stereocenters.